The Morgan fingerprint density at radius 3 is 2.56 bits per heavy atom. The lowest BCUT2D eigenvalue weighted by molar-refractivity contribution is 0.329. The van der Waals surface area contributed by atoms with Crippen LogP contribution in [0.2, 0.25) is 0 Å². The molecule has 0 amide bonds. The first kappa shape index (κ1) is 13.1. The van der Waals surface area contributed by atoms with E-state index in [1.807, 2.05) is 6.92 Å². The van der Waals surface area contributed by atoms with Crippen LogP contribution in [0.25, 0.3) is 0 Å². The number of rotatable bonds is 3. The molecule has 0 unspecified atom stereocenters. The summed E-state index contributed by atoms with van der Waals surface area (Å²) in [6, 6.07) is 4.77. The van der Waals surface area contributed by atoms with E-state index in [4.69, 9.17) is 0 Å². The summed E-state index contributed by atoms with van der Waals surface area (Å²) in [6.07, 6.45) is 7.96. The molecule has 0 bridgehead atoms. The molecule has 0 radical (unpaired) electrons. The Hall–Kier alpha value is -1.30. The maximum absolute atomic E-state index is 9.62. The Morgan fingerprint density at radius 2 is 2.00 bits per heavy atom. The van der Waals surface area contributed by atoms with E-state index in [1.54, 1.807) is 0 Å². The average molecular weight is 245 g/mol. The van der Waals surface area contributed by atoms with Crippen molar-refractivity contribution < 1.29 is 0 Å². The SMILES string of the molecule is CCn1nc(C)cc1CC1(C#N)CCCCCC1. The summed E-state index contributed by atoms with van der Waals surface area (Å²) >= 11 is 0. The van der Waals surface area contributed by atoms with E-state index in [1.165, 1.54) is 31.4 Å². The third kappa shape index (κ3) is 2.75. The van der Waals surface area contributed by atoms with E-state index in [0.717, 1.165) is 31.5 Å². The van der Waals surface area contributed by atoms with Gasteiger partial charge in [0.15, 0.2) is 0 Å². The van der Waals surface area contributed by atoms with Crippen LogP contribution in [-0.4, -0.2) is 9.78 Å². The van der Waals surface area contributed by atoms with Gasteiger partial charge in [-0.1, -0.05) is 25.7 Å². The molecule has 1 heterocycles. The van der Waals surface area contributed by atoms with Crippen LogP contribution in [0, 0.1) is 23.7 Å². The summed E-state index contributed by atoms with van der Waals surface area (Å²) in [6.45, 7) is 5.04. The van der Waals surface area contributed by atoms with Crippen LogP contribution in [0.1, 0.15) is 56.8 Å². The van der Waals surface area contributed by atoms with E-state index < -0.39 is 0 Å². The Bertz CT molecular complexity index is 431. The molecule has 1 aromatic heterocycles. The first-order chi connectivity index (χ1) is 8.69. The van der Waals surface area contributed by atoms with Crippen molar-refractivity contribution >= 4 is 0 Å². The lowest BCUT2D eigenvalue weighted by Crippen LogP contribution is -2.22. The summed E-state index contributed by atoms with van der Waals surface area (Å²) in [5.41, 5.74) is 2.16. The van der Waals surface area contributed by atoms with Gasteiger partial charge in [0, 0.05) is 18.7 Å². The quantitative estimate of drug-likeness (QED) is 0.763. The fourth-order valence-corrected chi connectivity index (χ4v) is 3.10. The minimum Gasteiger partial charge on any atom is -0.270 e. The highest BCUT2D eigenvalue weighted by molar-refractivity contribution is 5.15. The van der Waals surface area contributed by atoms with E-state index in [-0.39, 0.29) is 5.41 Å². The molecule has 0 aliphatic heterocycles. The predicted octanol–water partition coefficient (Wildman–Crippen LogP) is 3.62. The van der Waals surface area contributed by atoms with Crippen molar-refractivity contribution in [2.75, 3.05) is 0 Å². The van der Waals surface area contributed by atoms with Gasteiger partial charge in [0.05, 0.1) is 17.2 Å². The maximum atomic E-state index is 9.62. The van der Waals surface area contributed by atoms with Gasteiger partial charge in [-0.05, 0) is 32.8 Å². The minimum absolute atomic E-state index is 0.143. The van der Waals surface area contributed by atoms with Gasteiger partial charge >= 0.3 is 0 Å². The highest BCUT2D eigenvalue weighted by atomic mass is 15.3. The zero-order chi connectivity index (χ0) is 13.0. The van der Waals surface area contributed by atoms with Crippen molar-refractivity contribution in [2.45, 2.75) is 65.3 Å². The molecule has 1 aliphatic carbocycles. The minimum atomic E-state index is -0.143. The second kappa shape index (κ2) is 5.56. The molecule has 1 aliphatic rings. The molecule has 3 nitrogen and oxygen atoms in total. The van der Waals surface area contributed by atoms with Gasteiger partial charge in [0.1, 0.15) is 0 Å². The van der Waals surface area contributed by atoms with Gasteiger partial charge in [-0.3, -0.25) is 4.68 Å². The van der Waals surface area contributed by atoms with Crippen molar-refractivity contribution in [1.29, 1.82) is 5.26 Å². The summed E-state index contributed by atoms with van der Waals surface area (Å²) < 4.78 is 2.05. The third-order valence-electron chi connectivity index (χ3n) is 4.10. The third-order valence-corrected chi connectivity index (χ3v) is 4.10. The average Bonchev–Trinajstić information content (AvgIpc) is 2.59. The molecule has 0 aromatic carbocycles. The number of aromatic nitrogens is 2. The molecule has 2 rings (SSSR count). The topological polar surface area (TPSA) is 41.6 Å². The first-order valence-electron chi connectivity index (χ1n) is 7.14. The second-order valence-corrected chi connectivity index (χ2v) is 5.58. The lowest BCUT2D eigenvalue weighted by Gasteiger charge is -2.24. The molecule has 1 aromatic rings. The van der Waals surface area contributed by atoms with Crippen LogP contribution in [0.15, 0.2) is 6.07 Å². The largest absolute Gasteiger partial charge is 0.270 e. The number of hydrogen-bond acceptors (Lipinski definition) is 2. The molecule has 1 fully saturated rings. The van der Waals surface area contributed by atoms with Crippen LogP contribution in [0.5, 0.6) is 0 Å². The smallest absolute Gasteiger partial charge is 0.0693 e. The van der Waals surface area contributed by atoms with E-state index in [2.05, 4.69) is 28.8 Å². The summed E-state index contributed by atoms with van der Waals surface area (Å²) in [5, 5.41) is 14.1. The van der Waals surface area contributed by atoms with Gasteiger partial charge in [-0.2, -0.15) is 10.4 Å². The van der Waals surface area contributed by atoms with Crippen molar-refractivity contribution in [3.8, 4) is 6.07 Å². The Labute approximate surface area is 110 Å². The molecular formula is C15H23N3. The lowest BCUT2D eigenvalue weighted by atomic mass is 9.78. The van der Waals surface area contributed by atoms with Crippen molar-refractivity contribution in [2.24, 2.45) is 5.41 Å². The Balaban J connectivity index is 2.21. The van der Waals surface area contributed by atoms with Gasteiger partial charge < -0.3 is 0 Å². The molecule has 0 atom stereocenters. The molecule has 0 saturated heterocycles. The number of hydrogen-bond donors (Lipinski definition) is 0. The van der Waals surface area contributed by atoms with Crippen LogP contribution in [0.3, 0.4) is 0 Å². The summed E-state index contributed by atoms with van der Waals surface area (Å²) in [4.78, 5) is 0. The zero-order valence-corrected chi connectivity index (χ0v) is 11.6. The van der Waals surface area contributed by atoms with Crippen LogP contribution < -0.4 is 0 Å². The highest BCUT2D eigenvalue weighted by Gasteiger charge is 2.32. The number of aryl methyl sites for hydroxylation is 2. The molecule has 0 N–H and O–H groups in total. The summed E-state index contributed by atoms with van der Waals surface area (Å²) in [5.74, 6) is 0. The van der Waals surface area contributed by atoms with Crippen LogP contribution >= 0.6 is 0 Å². The molecular weight excluding hydrogens is 222 g/mol. The zero-order valence-electron chi connectivity index (χ0n) is 11.6. The van der Waals surface area contributed by atoms with E-state index in [0.29, 0.717) is 0 Å². The first-order valence-corrected chi connectivity index (χ1v) is 7.14. The van der Waals surface area contributed by atoms with Gasteiger partial charge in [0.2, 0.25) is 0 Å². The monoisotopic (exact) mass is 245 g/mol. The Kier molecular flexibility index (Phi) is 4.06. The molecule has 0 spiro atoms. The molecule has 18 heavy (non-hydrogen) atoms. The van der Waals surface area contributed by atoms with Crippen LogP contribution in [0.4, 0.5) is 0 Å². The van der Waals surface area contributed by atoms with Crippen molar-refractivity contribution in [3.63, 3.8) is 0 Å². The van der Waals surface area contributed by atoms with Gasteiger partial charge in [-0.15, -0.1) is 0 Å². The highest BCUT2D eigenvalue weighted by Crippen LogP contribution is 2.37. The maximum Gasteiger partial charge on any atom is 0.0693 e. The second-order valence-electron chi connectivity index (χ2n) is 5.58. The van der Waals surface area contributed by atoms with Crippen molar-refractivity contribution in [3.05, 3.63) is 17.5 Å². The fraction of sp³-hybridized carbons (Fsp3) is 0.733. The van der Waals surface area contributed by atoms with E-state index >= 15 is 0 Å². The number of nitrogens with zero attached hydrogens (tertiary/aromatic N) is 3. The standard InChI is InChI=1S/C15H23N3/c1-3-18-14(10-13(2)17-18)11-15(12-16)8-6-4-5-7-9-15/h10H,3-9,11H2,1-2H3. The predicted molar refractivity (Wildman–Crippen MR) is 72.1 cm³/mol. The molecule has 98 valence electrons. The molecule has 3 heteroatoms. The van der Waals surface area contributed by atoms with Crippen molar-refractivity contribution in [1.82, 2.24) is 9.78 Å². The van der Waals surface area contributed by atoms with Crippen LogP contribution in [-0.2, 0) is 13.0 Å². The van der Waals surface area contributed by atoms with Gasteiger partial charge in [-0.25, -0.2) is 0 Å². The summed E-state index contributed by atoms with van der Waals surface area (Å²) in [7, 11) is 0. The fourth-order valence-electron chi connectivity index (χ4n) is 3.10. The normalized spacial score (nSPS) is 19.2. The Morgan fingerprint density at radius 1 is 1.33 bits per heavy atom. The number of nitriles is 1. The van der Waals surface area contributed by atoms with E-state index in [9.17, 15) is 5.26 Å². The van der Waals surface area contributed by atoms with Gasteiger partial charge in [0.25, 0.3) is 0 Å². The molecule has 1 saturated carbocycles.